The topological polar surface area (TPSA) is 81.9 Å². The highest BCUT2D eigenvalue weighted by atomic mass is 16.5. The molecule has 0 unspecified atom stereocenters. The number of nitrogens with two attached hydrogens (primary N) is 1. The van der Waals surface area contributed by atoms with Crippen molar-refractivity contribution >= 4 is 11.8 Å². The standard InChI is InChI=1S/C19H20N2O4/c1-13-12-21(10-11-24-13)19(23)15-4-8-17(9-5-15)25-16-6-2-14(3-7-16)18(20)22/h2-9,13H,10-12H2,1H3,(H2,20,22)/t13-/m0/s1. The summed E-state index contributed by atoms with van der Waals surface area (Å²) in [5.41, 5.74) is 6.25. The molecule has 25 heavy (non-hydrogen) atoms. The van der Waals surface area contributed by atoms with Gasteiger partial charge in [-0.2, -0.15) is 0 Å². The molecule has 0 bridgehead atoms. The number of nitrogens with zero attached hydrogens (tertiary/aromatic N) is 1. The molecule has 6 nitrogen and oxygen atoms in total. The molecule has 6 heteroatoms. The third-order valence-corrected chi connectivity index (χ3v) is 4.00. The molecule has 1 aliphatic heterocycles. The molecule has 0 aromatic heterocycles. The molecule has 2 aromatic rings. The van der Waals surface area contributed by atoms with E-state index in [0.29, 0.717) is 42.3 Å². The number of carbonyl (C=O) groups is 2. The van der Waals surface area contributed by atoms with Gasteiger partial charge in [-0.3, -0.25) is 9.59 Å². The zero-order valence-electron chi connectivity index (χ0n) is 14.0. The highest BCUT2D eigenvalue weighted by molar-refractivity contribution is 5.94. The number of morpholine rings is 1. The van der Waals surface area contributed by atoms with E-state index in [-0.39, 0.29) is 12.0 Å². The fourth-order valence-electron chi connectivity index (χ4n) is 2.67. The number of carbonyl (C=O) groups excluding carboxylic acids is 2. The average molecular weight is 340 g/mol. The fraction of sp³-hybridized carbons (Fsp3) is 0.263. The van der Waals surface area contributed by atoms with Crippen molar-refractivity contribution in [2.24, 2.45) is 5.73 Å². The maximum atomic E-state index is 12.5. The van der Waals surface area contributed by atoms with E-state index in [1.54, 1.807) is 53.4 Å². The van der Waals surface area contributed by atoms with Gasteiger partial charge >= 0.3 is 0 Å². The Morgan fingerprint density at radius 3 is 2.12 bits per heavy atom. The van der Waals surface area contributed by atoms with Gasteiger partial charge in [-0.25, -0.2) is 0 Å². The van der Waals surface area contributed by atoms with Gasteiger partial charge in [0.15, 0.2) is 0 Å². The number of amides is 2. The number of ether oxygens (including phenoxy) is 2. The molecule has 0 aliphatic carbocycles. The van der Waals surface area contributed by atoms with Gasteiger partial charge in [0.1, 0.15) is 11.5 Å². The van der Waals surface area contributed by atoms with Gasteiger partial charge in [0.05, 0.1) is 12.7 Å². The largest absolute Gasteiger partial charge is 0.457 e. The minimum atomic E-state index is -0.480. The van der Waals surface area contributed by atoms with Gasteiger partial charge in [0.25, 0.3) is 5.91 Å². The first-order valence-corrected chi connectivity index (χ1v) is 8.11. The van der Waals surface area contributed by atoms with Gasteiger partial charge in [-0.05, 0) is 55.5 Å². The lowest BCUT2D eigenvalue weighted by atomic mass is 10.1. The van der Waals surface area contributed by atoms with E-state index in [0.717, 1.165) is 0 Å². The van der Waals surface area contributed by atoms with Gasteiger partial charge in [0, 0.05) is 24.2 Å². The highest BCUT2D eigenvalue weighted by Gasteiger charge is 2.22. The van der Waals surface area contributed by atoms with Crippen molar-refractivity contribution in [3.63, 3.8) is 0 Å². The second kappa shape index (κ2) is 7.36. The fourth-order valence-corrected chi connectivity index (χ4v) is 2.67. The molecule has 0 radical (unpaired) electrons. The quantitative estimate of drug-likeness (QED) is 0.927. The first kappa shape index (κ1) is 17.0. The molecular formula is C19H20N2O4. The summed E-state index contributed by atoms with van der Waals surface area (Å²) in [5.74, 6) is 0.712. The van der Waals surface area contributed by atoms with E-state index >= 15 is 0 Å². The number of hydrogen-bond donors (Lipinski definition) is 1. The van der Waals surface area contributed by atoms with Gasteiger partial charge in [-0.15, -0.1) is 0 Å². The molecule has 3 rings (SSSR count). The van der Waals surface area contributed by atoms with Crippen molar-refractivity contribution in [1.29, 1.82) is 0 Å². The SMILES string of the molecule is C[C@H]1CN(C(=O)c2ccc(Oc3ccc(C(N)=O)cc3)cc2)CCO1. The molecule has 1 saturated heterocycles. The molecule has 0 spiro atoms. The molecular weight excluding hydrogens is 320 g/mol. The Hall–Kier alpha value is -2.86. The highest BCUT2D eigenvalue weighted by Crippen LogP contribution is 2.22. The minimum Gasteiger partial charge on any atom is -0.457 e. The Kier molecular flexibility index (Phi) is 5.00. The molecule has 2 N–H and O–H groups in total. The van der Waals surface area contributed by atoms with Gasteiger partial charge in [-0.1, -0.05) is 0 Å². The van der Waals surface area contributed by atoms with Crippen LogP contribution in [0.5, 0.6) is 11.5 Å². The van der Waals surface area contributed by atoms with Crippen LogP contribution in [-0.2, 0) is 4.74 Å². The maximum absolute atomic E-state index is 12.5. The van der Waals surface area contributed by atoms with Crippen molar-refractivity contribution in [2.75, 3.05) is 19.7 Å². The third-order valence-electron chi connectivity index (χ3n) is 4.00. The second-order valence-electron chi connectivity index (χ2n) is 5.95. The van der Waals surface area contributed by atoms with Crippen LogP contribution in [0.2, 0.25) is 0 Å². The van der Waals surface area contributed by atoms with E-state index in [2.05, 4.69) is 0 Å². The van der Waals surface area contributed by atoms with Crippen LogP contribution < -0.4 is 10.5 Å². The molecule has 2 aromatic carbocycles. The minimum absolute atomic E-state index is 0.00693. The van der Waals surface area contributed by atoms with Crippen LogP contribution in [0.25, 0.3) is 0 Å². The van der Waals surface area contributed by atoms with Crippen LogP contribution in [0.1, 0.15) is 27.6 Å². The summed E-state index contributed by atoms with van der Waals surface area (Å²) in [7, 11) is 0. The summed E-state index contributed by atoms with van der Waals surface area (Å²) in [6, 6.07) is 13.6. The average Bonchev–Trinajstić information content (AvgIpc) is 2.62. The lowest BCUT2D eigenvalue weighted by Crippen LogP contribution is -2.44. The zero-order chi connectivity index (χ0) is 17.8. The molecule has 1 fully saturated rings. The van der Waals surface area contributed by atoms with E-state index in [9.17, 15) is 9.59 Å². The van der Waals surface area contributed by atoms with Crippen molar-refractivity contribution in [2.45, 2.75) is 13.0 Å². The van der Waals surface area contributed by atoms with E-state index < -0.39 is 5.91 Å². The summed E-state index contributed by atoms with van der Waals surface area (Å²) < 4.78 is 11.2. The number of rotatable bonds is 4. The summed E-state index contributed by atoms with van der Waals surface area (Å²) in [6.45, 7) is 3.73. The first-order chi connectivity index (χ1) is 12.0. The van der Waals surface area contributed by atoms with Gasteiger partial charge in [0.2, 0.25) is 5.91 Å². The van der Waals surface area contributed by atoms with Gasteiger partial charge < -0.3 is 20.1 Å². The maximum Gasteiger partial charge on any atom is 0.254 e. The molecule has 0 saturated carbocycles. The van der Waals surface area contributed by atoms with E-state index in [4.69, 9.17) is 15.2 Å². The monoisotopic (exact) mass is 340 g/mol. The Labute approximate surface area is 146 Å². The molecule has 1 heterocycles. The van der Waals surface area contributed by atoms with Crippen molar-refractivity contribution in [1.82, 2.24) is 4.90 Å². The van der Waals surface area contributed by atoms with Crippen LogP contribution in [0.4, 0.5) is 0 Å². The van der Waals surface area contributed by atoms with Crippen LogP contribution in [0.3, 0.4) is 0 Å². The predicted octanol–water partition coefficient (Wildman–Crippen LogP) is 2.44. The van der Waals surface area contributed by atoms with E-state index in [1.807, 2.05) is 6.92 Å². The zero-order valence-corrected chi connectivity index (χ0v) is 14.0. The molecule has 1 aliphatic rings. The van der Waals surface area contributed by atoms with Crippen LogP contribution >= 0.6 is 0 Å². The van der Waals surface area contributed by atoms with Crippen molar-refractivity contribution in [3.05, 3.63) is 59.7 Å². The molecule has 2 amide bonds. The van der Waals surface area contributed by atoms with Crippen LogP contribution in [0, 0.1) is 0 Å². The Morgan fingerprint density at radius 1 is 1.04 bits per heavy atom. The smallest absolute Gasteiger partial charge is 0.254 e. The number of hydrogen-bond acceptors (Lipinski definition) is 4. The lowest BCUT2D eigenvalue weighted by molar-refractivity contribution is -0.0124. The van der Waals surface area contributed by atoms with Crippen LogP contribution in [0.15, 0.2) is 48.5 Å². The van der Waals surface area contributed by atoms with E-state index in [1.165, 1.54) is 0 Å². The number of primary amides is 1. The summed E-state index contributed by atoms with van der Waals surface area (Å²) in [4.78, 5) is 25.4. The second-order valence-corrected chi connectivity index (χ2v) is 5.95. The molecule has 1 atom stereocenters. The predicted molar refractivity (Wildman–Crippen MR) is 92.8 cm³/mol. The Bertz CT molecular complexity index is 756. The molecule has 130 valence electrons. The van der Waals surface area contributed by atoms with Crippen molar-refractivity contribution < 1.29 is 19.1 Å². The first-order valence-electron chi connectivity index (χ1n) is 8.11. The lowest BCUT2D eigenvalue weighted by Gasteiger charge is -2.31. The summed E-state index contributed by atoms with van der Waals surface area (Å²) in [6.07, 6.45) is 0.0590. The Balaban J connectivity index is 1.65. The third kappa shape index (κ3) is 4.16. The normalized spacial score (nSPS) is 17.2. The van der Waals surface area contributed by atoms with Crippen molar-refractivity contribution in [3.8, 4) is 11.5 Å². The number of benzene rings is 2. The summed E-state index contributed by atoms with van der Waals surface area (Å²) >= 11 is 0. The summed E-state index contributed by atoms with van der Waals surface area (Å²) in [5, 5.41) is 0. The van der Waals surface area contributed by atoms with Crippen LogP contribution in [-0.4, -0.2) is 42.5 Å². The Morgan fingerprint density at radius 2 is 1.60 bits per heavy atom.